The van der Waals surface area contributed by atoms with Gasteiger partial charge in [0.1, 0.15) is 23.0 Å². The van der Waals surface area contributed by atoms with Gasteiger partial charge in [-0.25, -0.2) is 17.9 Å². The number of likely N-dealkylation sites (N-methyl/N-ethyl adjacent to an activating group) is 1. The van der Waals surface area contributed by atoms with Crippen molar-refractivity contribution >= 4 is 22.5 Å². The Hall–Kier alpha value is -4.06. The molecule has 2 N–H and O–H groups in total. The van der Waals surface area contributed by atoms with E-state index in [-0.39, 0.29) is 12.2 Å². The fraction of sp³-hybridized carbons (Fsp3) is 0.231. The molecule has 0 radical (unpaired) electrons. The smallest absolute Gasteiger partial charge is 0.381 e. The summed E-state index contributed by atoms with van der Waals surface area (Å²) in [6.07, 6.45) is -3.82. The number of aromatic nitrogens is 2. The summed E-state index contributed by atoms with van der Waals surface area (Å²) < 4.78 is 85.2. The largest absolute Gasteiger partial charge is 0.420 e. The number of nitrogens with one attached hydrogen (secondary N) is 1. The van der Waals surface area contributed by atoms with Gasteiger partial charge in [-0.3, -0.25) is 4.79 Å². The number of alkyl halides is 3. The lowest BCUT2D eigenvalue weighted by Gasteiger charge is -2.35. The minimum absolute atomic E-state index is 0.202. The predicted octanol–water partition coefficient (Wildman–Crippen LogP) is 5.31. The van der Waals surface area contributed by atoms with Gasteiger partial charge in [0.25, 0.3) is 5.91 Å². The number of carbonyl (C=O) groups excluding carboxylic acids is 1. The Morgan fingerprint density at radius 3 is 2.24 bits per heavy atom. The Kier molecular flexibility index (Phi) is 7.36. The molecule has 4 aromatic rings. The third-order valence-electron chi connectivity index (χ3n) is 6.08. The highest BCUT2D eigenvalue weighted by Crippen LogP contribution is 2.33. The van der Waals surface area contributed by atoms with Crippen molar-refractivity contribution in [3.63, 3.8) is 0 Å². The zero-order valence-electron chi connectivity index (χ0n) is 19.9. The summed E-state index contributed by atoms with van der Waals surface area (Å²) in [6.45, 7) is -1.39. The minimum atomic E-state index is -5.21. The lowest BCUT2D eigenvalue weighted by atomic mass is 10.0. The molecule has 38 heavy (non-hydrogen) atoms. The molecule has 1 aromatic heterocycles. The Morgan fingerprint density at radius 2 is 1.63 bits per heavy atom. The van der Waals surface area contributed by atoms with Gasteiger partial charge in [0.05, 0.1) is 30.5 Å². The summed E-state index contributed by atoms with van der Waals surface area (Å²) in [5.74, 6) is -4.23. The number of nitrogens with zero attached hydrogens (tertiary/aromatic N) is 3. The normalized spacial score (nSPS) is 13.4. The van der Waals surface area contributed by atoms with Crippen LogP contribution in [0.1, 0.15) is 17.3 Å². The van der Waals surface area contributed by atoms with Gasteiger partial charge in [-0.2, -0.15) is 18.3 Å². The number of amides is 1. The molecule has 1 unspecified atom stereocenters. The third-order valence-corrected chi connectivity index (χ3v) is 6.08. The van der Waals surface area contributed by atoms with Crippen LogP contribution in [0.2, 0.25) is 0 Å². The highest BCUT2D eigenvalue weighted by Gasteiger charge is 2.55. The van der Waals surface area contributed by atoms with E-state index < -0.39 is 53.8 Å². The van der Waals surface area contributed by atoms with E-state index in [1.807, 2.05) is 0 Å². The van der Waals surface area contributed by atoms with Crippen LogP contribution >= 0.6 is 0 Å². The van der Waals surface area contributed by atoms with Crippen molar-refractivity contribution in [1.82, 2.24) is 14.7 Å². The molecule has 12 heteroatoms. The molecule has 0 saturated heterocycles. The molecule has 0 saturated carbocycles. The van der Waals surface area contributed by atoms with E-state index >= 15 is 0 Å². The summed E-state index contributed by atoms with van der Waals surface area (Å²) in [5, 5.41) is 17.9. The SMILES string of the molecule is CCN(CC(O)(CNc1cccc2c1cnn2-c1ccc(F)cc1)C(F)(F)F)C(=O)c1c(F)cccc1F. The third kappa shape index (κ3) is 5.17. The highest BCUT2D eigenvalue weighted by molar-refractivity contribution is 5.95. The number of aliphatic hydroxyl groups is 1. The topological polar surface area (TPSA) is 70.4 Å². The molecule has 4 rings (SSSR count). The zero-order chi connectivity index (χ0) is 27.7. The molecule has 0 aliphatic heterocycles. The average molecular weight is 536 g/mol. The van der Waals surface area contributed by atoms with E-state index in [1.54, 1.807) is 12.1 Å². The van der Waals surface area contributed by atoms with E-state index in [0.29, 0.717) is 21.5 Å². The van der Waals surface area contributed by atoms with Gasteiger partial charge in [0.15, 0.2) is 5.60 Å². The summed E-state index contributed by atoms with van der Waals surface area (Å²) in [4.78, 5) is 13.3. The van der Waals surface area contributed by atoms with Crippen molar-refractivity contribution < 1.29 is 36.2 Å². The molecule has 0 aliphatic rings. The molecule has 200 valence electrons. The first-order valence-corrected chi connectivity index (χ1v) is 11.4. The number of benzene rings is 3. The van der Waals surface area contributed by atoms with Crippen molar-refractivity contribution in [3.8, 4) is 5.69 Å². The van der Waals surface area contributed by atoms with E-state index in [0.717, 1.165) is 18.2 Å². The first-order chi connectivity index (χ1) is 17.9. The van der Waals surface area contributed by atoms with Crippen LogP contribution in [-0.4, -0.2) is 57.1 Å². The van der Waals surface area contributed by atoms with Crippen LogP contribution in [0.25, 0.3) is 16.6 Å². The summed E-state index contributed by atoms with van der Waals surface area (Å²) in [6, 6.07) is 12.8. The second-order valence-corrected chi connectivity index (χ2v) is 8.57. The van der Waals surface area contributed by atoms with Gasteiger partial charge >= 0.3 is 6.18 Å². The number of rotatable bonds is 8. The van der Waals surface area contributed by atoms with Crippen LogP contribution in [0, 0.1) is 17.5 Å². The molecule has 1 atom stereocenters. The Morgan fingerprint density at radius 1 is 1.00 bits per heavy atom. The number of hydrogen-bond acceptors (Lipinski definition) is 4. The Bertz CT molecular complexity index is 1430. The number of carbonyl (C=O) groups is 1. The van der Waals surface area contributed by atoms with E-state index in [1.165, 1.54) is 48.1 Å². The fourth-order valence-electron chi connectivity index (χ4n) is 3.98. The van der Waals surface area contributed by atoms with Gasteiger partial charge in [0, 0.05) is 17.6 Å². The van der Waals surface area contributed by atoms with E-state index in [2.05, 4.69) is 10.4 Å². The van der Waals surface area contributed by atoms with Crippen LogP contribution < -0.4 is 5.32 Å². The van der Waals surface area contributed by atoms with E-state index in [9.17, 15) is 36.2 Å². The molecule has 0 aliphatic carbocycles. The molecular formula is C26H22F6N4O2. The molecule has 0 bridgehead atoms. The van der Waals surface area contributed by atoms with Crippen LogP contribution in [0.15, 0.2) is 66.9 Å². The molecule has 1 heterocycles. The molecule has 0 spiro atoms. The first kappa shape index (κ1) is 27.0. The molecular weight excluding hydrogens is 514 g/mol. The molecule has 0 fully saturated rings. The second-order valence-electron chi connectivity index (χ2n) is 8.57. The monoisotopic (exact) mass is 536 g/mol. The van der Waals surface area contributed by atoms with Crippen molar-refractivity contribution in [2.24, 2.45) is 0 Å². The first-order valence-electron chi connectivity index (χ1n) is 11.4. The molecule has 1 amide bonds. The van der Waals surface area contributed by atoms with Crippen LogP contribution in [0.5, 0.6) is 0 Å². The standard InChI is InChI=1S/C26H22F6N4O2/c1-2-35(24(37)23-19(28)5-3-6-20(23)29)15-25(38,26(30,31)32)14-33-21-7-4-8-22-18(21)13-34-36(22)17-11-9-16(27)10-12-17/h3-13,33,38H,2,14-15H2,1H3. The summed E-state index contributed by atoms with van der Waals surface area (Å²) >= 11 is 0. The van der Waals surface area contributed by atoms with Crippen LogP contribution in [0.3, 0.4) is 0 Å². The quantitative estimate of drug-likeness (QED) is 0.300. The van der Waals surface area contributed by atoms with E-state index in [4.69, 9.17) is 0 Å². The maximum absolute atomic E-state index is 14.1. The van der Waals surface area contributed by atoms with Crippen molar-refractivity contribution in [2.45, 2.75) is 18.7 Å². The second kappa shape index (κ2) is 10.4. The highest BCUT2D eigenvalue weighted by atomic mass is 19.4. The lowest BCUT2D eigenvalue weighted by molar-refractivity contribution is -0.257. The lowest BCUT2D eigenvalue weighted by Crippen LogP contribution is -2.58. The van der Waals surface area contributed by atoms with Crippen molar-refractivity contribution in [1.29, 1.82) is 0 Å². The van der Waals surface area contributed by atoms with Crippen LogP contribution in [-0.2, 0) is 0 Å². The Balaban J connectivity index is 1.61. The Labute approximate surface area is 213 Å². The summed E-state index contributed by atoms with van der Waals surface area (Å²) in [7, 11) is 0. The fourth-order valence-corrected chi connectivity index (χ4v) is 3.98. The number of hydrogen-bond donors (Lipinski definition) is 2. The van der Waals surface area contributed by atoms with Gasteiger partial charge in [-0.05, 0) is 55.5 Å². The van der Waals surface area contributed by atoms with Gasteiger partial charge in [-0.15, -0.1) is 0 Å². The number of halogens is 6. The maximum Gasteiger partial charge on any atom is 0.420 e. The minimum Gasteiger partial charge on any atom is -0.381 e. The van der Waals surface area contributed by atoms with Gasteiger partial charge in [-0.1, -0.05) is 12.1 Å². The number of anilines is 1. The molecule has 6 nitrogen and oxygen atoms in total. The van der Waals surface area contributed by atoms with Crippen molar-refractivity contribution in [2.75, 3.05) is 25.0 Å². The van der Waals surface area contributed by atoms with Gasteiger partial charge in [0.2, 0.25) is 0 Å². The molecule has 3 aromatic carbocycles. The average Bonchev–Trinajstić information content (AvgIpc) is 3.30. The zero-order valence-corrected chi connectivity index (χ0v) is 19.9. The summed E-state index contributed by atoms with van der Waals surface area (Å²) in [5.41, 5.74) is -3.27. The van der Waals surface area contributed by atoms with Crippen molar-refractivity contribution in [3.05, 3.63) is 89.9 Å². The predicted molar refractivity (Wildman–Crippen MR) is 128 cm³/mol. The maximum atomic E-state index is 14.1. The van der Waals surface area contributed by atoms with Gasteiger partial charge < -0.3 is 15.3 Å². The number of fused-ring (bicyclic) bond motifs is 1. The van der Waals surface area contributed by atoms with Crippen LogP contribution in [0.4, 0.5) is 32.0 Å².